The summed E-state index contributed by atoms with van der Waals surface area (Å²) >= 11 is 0. The van der Waals surface area contributed by atoms with E-state index in [-0.39, 0.29) is 34.5 Å². The van der Waals surface area contributed by atoms with Crippen LogP contribution in [0, 0.1) is 16.0 Å². The number of hydrogen-bond donors (Lipinski definition) is 1. The SMILES string of the molecule is CCC(C)NC(=O)C1Cc2cc([N+](=O)[O-])ccc2N2CCN(CCOc3ccccc3)CC12. The number of nitrogens with zero attached hydrogens (tertiary/aromatic N) is 3. The molecule has 176 valence electrons. The molecule has 0 aliphatic carbocycles. The Balaban J connectivity index is 1.50. The fourth-order valence-corrected chi connectivity index (χ4v) is 4.75. The zero-order chi connectivity index (χ0) is 23.4. The molecule has 0 radical (unpaired) electrons. The van der Waals surface area contributed by atoms with Gasteiger partial charge in [0.15, 0.2) is 0 Å². The van der Waals surface area contributed by atoms with Crippen molar-refractivity contribution in [3.63, 3.8) is 0 Å². The first-order valence-corrected chi connectivity index (χ1v) is 11.7. The fraction of sp³-hybridized carbons (Fsp3) is 0.480. The minimum atomic E-state index is -0.370. The molecule has 1 N–H and O–H groups in total. The van der Waals surface area contributed by atoms with Crippen LogP contribution in [0.5, 0.6) is 5.75 Å². The van der Waals surface area contributed by atoms with Crippen molar-refractivity contribution in [2.75, 3.05) is 37.7 Å². The van der Waals surface area contributed by atoms with E-state index in [2.05, 4.69) is 15.1 Å². The largest absolute Gasteiger partial charge is 0.492 e. The van der Waals surface area contributed by atoms with Crippen molar-refractivity contribution in [2.24, 2.45) is 5.92 Å². The summed E-state index contributed by atoms with van der Waals surface area (Å²) in [5.74, 6) is 0.625. The van der Waals surface area contributed by atoms with E-state index in [1.165, 1.54) is 0 Å². The van der Waals surface area contributed by atoms with E-state index < -0.39 is 0 Å². The number of rotatable bonds is 8. The number of ether oxygens (including phenoxy) is 1. The second kappa shape index (κ2) is 10.2. The predicted molar refractivity (Wildman–Crippen MR) is 128 cm³/mol. The number of anilines is 1. The van der Waals surface area contributed by atoms with Crippen LogP contribution in [0.25, 0.3) is 0 Å². The van der Waals surface area contributed by atoms with Crippen molar-refractivity contribution < 1.29 is 14.5 Å². The van der Waals surface area contributed by atoms with Crippen LogP contribution < -0.4 is 15.0 Å². The van der Waals surface area contributed by atoms with Gasteiger partial charge in [-0.1, -0.05) is 25.1 Å². The summed E-state index contributed by atoms with van der Waals surface area (Å²) in [5.41, 5.74) is 1.97. The molecule has 1 amide bonds. The number of nitro benzene ring substituents is 1. The van der Waals surface area contributed by atoms with Crippen LogP contribution in [-0.4, -0.2) is 60.6 Å². The van der Waals surface area contributed by atoms with Crippen LogP contribution in [0.2, 0.25) is 0 Å². The molecule has 3 atom stereocenters. The molecular formula is C25H32N4O4. The summed E-state index contributed by atoms with van der Waals surface area (Å²) in [6.45, 7) is 7.80. The molecular weight excluding hydrogens is 420 g/mol. The Bertz CT molecular complexity index is 984. The average Bonchev–Trinajstić information content (AvgIpc) is 2.83. The molecule has 2 aliphatic heterocycles. The monoisotopic (exact) mass is 452 g/mol. The average molecular weight is 453 g/mol. The molecule has 2 aromatic rings. The van der Waals surface area contributed by atoms with E-state index in [0.717, 1.165) is 49.6 Å². The maximum absolute atomic E-state index is 13.2. The third-order valence-corrected chi connectivity index (χ3v) is 6.75. The van der Waals surface area contributed by atoms with Crippen molar-refractivity contribution in [1.29, 1.82) is 0 Å². The van der Waals surface area contributed by atoms with Gasteiger partial charge in [0.25, 0.3) is 5.69 Å². The number of para-hydroxylation sites is 1. The topological polar surface area (TPSA) is 87.9 Å². The molecule has 8 nitrogen and oxygen atoms in total. The number of hydrogen-bond acceptors (Lipinski definition) is 6. The molecule has 0 saturated carbocycles. The lowest BCUT2D eigenvalue weighted by atomic mass is 9.83. The number of amides is 1. The summed E-state index contributed by atoms with van der Waals surface area (Å²) < 4.78 is 5.88. The van der Waals surface area contributed by atoms with Crippen molar-refractivity contribution in [3.05, 3.63) is 64.2 Å². The zero-order valence-electron chi connectivity index (χ0n) is 19.3. The summed E-state index contributed by atoms with van der Waals surface area (Å²) in [7, 11) is 0. The van der Waals surface area contributed by atoms with Crippen molar-refractivity contribution in [1.82, 2.24) is 10.2 Å². The summed E-state index contributed by atoms with van der Waals surface area (Å²) in [4.78, 5) is 28.8. The highest BCUT2D eigenvalue weighted by molar-refractivity contribution is 5.82. The van der Waals surface area contributed by atoms with Gasteiger partial charge >= 0.3 is 0 Å². The van der Waals surface area contributed by atoms with Gasteiger partial charge in [0, 0.05) is 50.0 Å². The minimum Gasteiger partial charge on any atom is -0.492 e. The van der Waals surface area contributed by atoms with Gasteiger partial charge in [-0.2, -0.15) is 0 Å². The number of nitrogens with one attached hydrogen (secondary N) is 1. The number of piperazine rings is 1. The molecule has 0 bridgehead atoms. The van der Waals surface area contributed by atoms with Gasteiger partial charge < -0.3 is 15.0 Å². The molecule has 3 unspecified atom stereocenters. The van der Waals surface area contributed by atoms with E-state index in [1.54, 1.807) is 12.1 Å². The van der Waals surface area contributed by atoms with E-state index in [0.29, 0.717) is 13.0 Å². The van der Waals surface area contributed by atoms with Gasteiger partial charge in [0.05, 0.1) is 16.9 Å². The predicted octanol–water partition coefficient (Wildman–Crippen LogP) is 3.25. The quantitative estimate of drug-likeness (QED) is 0.489. The van der Waals surface area contributed by atoms with E-state index >= 15 is 0 Å². The highest BCUT2D eigenvalue weighted by Gasteiger charge is 2.42. The third-order valence-electron chi connectivity index (χ3n) is 6.75. The molecule has 2 aromatic carbocycles. The molecule has 0 aromatic heterocycles. The molecule has 4 rings (SSSR count). The van der Waals surface area contributed by atoms with Crippen molar-refractivity contribution in [2.45, 2.75) is 38.8 Å². The Hall–Kier alpha value is -3.13. The number of carbonyl (C=O) groups is 1. The number of nitro groups is 1. The Morgan fingerprint density at radius 2 is 2.03 bits per heavy atom. The first-order valence-electron chi connectivity index (χ1n) is 11.7. The van der Waals surface area contributed by atoms with Gasteiger partial charge in [-0.25, -0.2) is 0 Å². The standard InChI is InChI=1S/C25H32N4O4/c1-3-18(2)26-25(30)22-16-19-15-20(29(31)32)9-10-23(19)28-12-11-27(17-24(22)28)13-14-33-21-7-5-4-6-8-21/h4-10,15,18,22,24H,3,11-14,16-17H2,1-2H3,(H,26,30). The second-order valence-corrected chi connectivity index (χ2v) is 8.92. The molecule has 2 heterocycles. The highest BCUT2D eigenvalue weighted by Crippen LogP contribution is 2.38. The zero-order valence-corrected chi connectivity index (χ0v) is 19.3. The van der Waals surface area contributed by atoms with Crippen molar-refractivity contribution >= 4 is 17.3 Å². The molecule has 0 spiro atoms. The maximum Gasteiger partial charge on any atom is 0.269 e. The Morgan fingerprint density at radius 3 is 2.76 bits per heavy atom. The molecule has 2 aliphatic rings. The summed E-state index contributed by atoms with van der Waals surface area (Å²) in [6.07, 6.45) is 1.37. The number of carbonyl (C=O) groups excluding carboxylic acids is 1. The van der Waals surface area contributed by atoms with Crippen LogP contribution in [0.4, 0.5) is 11.4 Å². The first-order chi connectivity index (χ1) is 16.0. The fourth-order valence-electron chi connectivity index (χ4n) is 4.75. The summed E-state index contributed by atoms with van der Waals surface area (Å²) in [5, 5.41) is 14.4. The normalized spacial score (nSPS) is 21.0. The van der Waals surface area contributed by atoms with Gasteiger partial charge in [-0.15, -0.1) is 0 Å². The molecule has 1 saturated heterocycles. The van der Waals surface area contributed by atoms with Crippen LogP contribution >= 0.6 is 0 Å². The van der Waals surface area contributed by atoms with Gasteiger partial charge in [-0.05, 0) is 43.5 Å². The highest BCUT2D eigenvalue weighted by atomic mass is 16.6. The lowest BCUT2D eigenvalue weighted by Gasteiger charge is -2.49. The number of benzene rings is 2. The van der Waals surface area contributed by atoms with E-state index in [9.17, 15) is 14.9 Å². The third kappa shape index (κ3) is 5.27. The van der Waals surface area contributed by atoms with Crippen LogP contribution in [-0.2, 0) is 11.2 Å². The Kier molecular flexibility index (Phi) is 7.13. The van der Waals surface area contributed by atoms with Crippen LogP contribution in [0.15, 0.2) is 48.5 Å². The van der Waals surface area contributed by atoms with Gasteiger partial charge in [0.1, 0.15) is 12.4 Å². The van der Waals surface area contributed by atoms with E-state index in [1.807, 2.05) is 50.2 Å². The van der Waals surface area contributed by atoms with Gasteiger partial charge in [0.2, 0.25) is 5.91 Å². The lowest BCUT2D eigenvalue weighted by molar-refractivity contribution is -0.384. The molecule has 33 heavy (non-hydrogen) atoms. The number of non-ortho nitro benzene ring substituents is 1. The van der Waals surface area contributed by atoms with Crippen molar-refractivity contribution in [3.8, 4) is 5.75 Å². The minimum absolute atomic E-state index is 0.0217. The Morgan fingerprint density at radius 1 is 1.24 bits per heavy atom. The maximum atomic E-state index is 13.2. The second-order valence-electron chi connectivity index (χ2n) is 8.92. The smallest absolute Gasteiger partial charge is 0.269 e. The van der Waals surface area contributed by atoms with Crippen LogP contribution in [0.3, 0.4) is 0 Å². The number of fused-ring (bicyclic) bond motifs is 3. The molecule has 8 heteroatoms. The van der Waals surface area contributed by atoms with E-state index in [4.69, 9.17) is 4.74 Å². The Labute approximate surface area is 194 Å². The summed E-state index contributed by atoms with van der Waals surface area (Å²) in [6, 6.07) is 14.9. The van der Waals surface area contributed by atoms with Crippen LogP contribution in [0.1, 0.15) is 25.8 Å². The lowest BCUT2D eigenvalue weighted by Crippen LogP contribution is -2.61. The first kappa shape index (κ1) is 23.0. The van der Waals surface area contributed by atoms with Gasteiger partial charge in [-0.3, -0.25) is 19.8 Å². The molecule has 1 fully saturated rings.